The summed E-state index contributed by atoms with van der Waals surface area (Å²) in [6.45, 7) is 4.24. The quantitative estimate of drug-likeness (QED) is 0.910. The number of aryl methyl sites for hydroxylation is 1. The molecule has 0 saturated carbocycles. The van der Waals surface area contributed by atoms with Crippen molar-refractivity contribution in [2.45, 2.75) is 26.3 Å². The van der Waals surface area contributed by atoms with Crippen LogP contribution in [0.25, 0.3) is 0 Å². The second-order valence-corrected chi connectivity index (χ2v) is 5.30. The van der Waals surface area contributed by atoms with E-state index in [9.17, 15) is 4.79 Å². The molecule has 22 heavy (non-hydrogen) atoms. The molecule has 7 heteroatoms. The third-order valence-electron chi connectivity index (χ3n) is 3.60. The first-order valence-corrected chi connectivity index (χ1v) is 7.37. The molecule has 0 aliphatic carbocycles. The number of amides is 1. The molecule has 2 aromatic heterocycles. The van der Waals surface area contributed by atoms with Crippen molar-refractivity contribution in [2.24, 2.45) is 0 Å². The number of nitrogens with one attached hydrogen (secondary N) is 1. The van der Waals surface area contributed by atoms with E-state index in [4.69, 9.17) is 0 Å². The Morgan fingerprint density at radius 1 is 1.23 bits per heavy atom. The van der Waals surface area contributed by atoms with Crippen LogP contribution >= 0.6 is 0 Å². The summed E-state index contributed by atoms with van der Waals surface area (Å²) in [5, 5.41) is 10.9. The molecule has 3 rings (SSSR count). The number of hydrogen-bond acceptors (Lipinski definition) is 6. The molecule has 3 heterocycles. The summed E-state index contributed by atoms with van der Waals surface area (Å²) < 4.78 is 0. The van der Waals surface area contributed by atoms with Crippen molar-refractivity contribution in [1.82, 2.24) is 25.5 Å². The Kier molecular flexibility index (Phi) is 4.22. The highest BCUT2D eigenvalue weighted by atomic mass is 16.1. The molecule has 0 radical (unpaired) electrons. The van der Waals surface area contributed by atoms with E-state index in [-0.39, 0.29) is 5.91 Å². The van der Waals surface area contributed by atoms with Gasteiger partial charge in [0.25, 0.3) is 5.91 Å². The molecule has 1 aliphatic rings. The van der Waals surface area contributed by atoms with E-state index in [2.05, 4.69) is 30.4 Å². The van der Waals surface area contributed by atoms with E-state index in [0.29, 0.717) is 12.2 Å². The fourth-order valence-electron chi connectivity index (χ4n) is 2.43. The van der Waals surface area contributed by atoms with E-state index < -0.39 is 0 Å². The van der Waals surface area contributed by atoms with Gasteiger partial charge in [0.2, 0.25) is 0 Å². The van der Waals surface area contributed by atoms with Gasteiger partial charge in [-0.2, -0.15) is 0 Å². The smallest absolute Gasteiger partial charge is 0.272 e. The van der Waals surface area contributed by atoms with E-state index in [0.717, 1.165) is 30.3 Å². The van der Waals surface area contributed by atoms with E-state index >= 15 is 0 Å². The summed E-state index contributed by atoms with van der Waals surface area (Å²) >= 11 is 0. The van der Waals surface area contributed by atoms with Gasteiger partial charge in [0.05, 0.1) is 12.2 Å². The minimum Gasteiger partial charge on any atom is -0.355 e. The van der Waals surface area contributed by atoms with Crippen molar-refractivity contribution in [3.63, 3.8) is 0 Å². The minimum absolute atomic E-state index is 0.253. The zero-order chi connectivity index (χ0) is 15.4. The summed E-state index contributed by atoms with van der Waals surface area (Å²) in [5.74, 6) is 0.581. The molecule has 1 amide bonds. The molecule has 0 atom stereocenters. The highest BCUT2D eigenvalue weighted by Crippen LogP contribution is 2.16. The van der Waals surface area contributed by atoms with Crippen LogP contribution in [0.1, 0.15) is 34.7 Å². The predicted molar refractivity (Wildman–Crippen MR) is 81.4 cm³/mol. The van der Waals surface area contributed by atoms with Gasteiger partial charge in [-0.3, -0.25) is 4.79 Å². The van der Waals surface area contributed by atoms with E-state index in [1.807, 2.05) is 19.1 Å². The molecule has 2 aromatic rings. The van der Waals surface area contributed by atoms with Gasteiger partial charge < -0.3 is 10.2 Å². The highest BCUT2D eigenvalue weighted by Gasteiger charge is 2.15. The lowest BCUT2D eigenvalue weighted by atomic mass is 10.3. The lowest BCUT2D eigenvalue weighted by Crippen LogP contribution is -2.25. The molecule has 0 aromatic carbocycles. The fourth-order valence-corrected chi connectivity index (χ4v) is 2.43. The molecule has 0 unspecified atom stereocenters. The Bertz CT molecular complexity index is 651. The average Bonchev–Trinajstić information content (AvgIpc) is 3.07. The lowest BCUT2D eigenvalue weighted by Gasteiger charge is -2.15. The van der Waals surface area contributed by atoms with Gasteiger partial charge in [-0.05, 0) is 38.0 Å². The van der Waals surface area contributed by atoms with Crippen molar-refractivity contribution < 1.29 is 4.79 Å². The molecular weight excluding hydrogens is 280 g/mol. The number of carbonyl (C=O) groups is 1. The molecule has 0 spiro atoms. The summed E-state index contributed by atoms with van der Waals surface area (Å²) in [4.78, 5) is 22.4. The molecule has 7 nitrogen and oxygen atoms in total. The van der Waals surface area contributed by atoms with Crippen LogP contribution in [0.2, 0.25) is 0 Å². The Hall–Kier alpha value is -2.57. The molecule has 1 saturated heterocycles. The van der Waals surface area contributed by atoms with Gasteiger partial charge in [0.1, 0.15) is 6.33 Å². The third-order valence-corrected chi connectivity index (χ3v) is 3.60. The standard InChI is InChI=1S/C15H18N6O/c1-11-8-12(18-10-17-11)9-16-15(22)13-4-5-14(20-19-13)21-6-2-3-7-21/h4-5,8,10H,2-3,6-7,9H2,1H3,(H,16,22). The molecule has 114 valence electrons. The maximum absolute atomic E-state index is 12.1. The van der Waals surface area contributed by atoms with Crippen molar-refractivity contribution in [3.05, 3.63) is 41.6 Å². The minimum atomic E-state index is -0.253. The molecule has 1 aliphatic heterocycles. The predicted octanol–water partition coefficient (Wildman–Crippen LogP) is 1.11. The number of carbonyl (C=O) groups excluding carboxylic acids is 1. The van der Waals surface area contributed by atoms with Gasteiger partial charge in [-0.1, -0.05) is 0 Å². The maximum Gasteiger partial charge on any atom is 0.272 e. The van der Waals surface area contributed by atoms with Crippen LogP contribution in [0.3, 0.4) is 0 Å². The van der Waals surface area contributed by atoms with E-state index in [1.54, 1.807) is 6.07 Å². The van der Waals surface area contributed by atoms with Crippen molar-refractivity contribution >= 4 is 11.7 Å². The number of rotatable bonds is 4. The molecule has 0 bridgehead atoms. The Morgan fingerprint density at radius 2 is 2.05 bits per heavy atom. The topological polar surface area (TPSA) is 83.9 Å². The van der Waals surface area contributed by atoms with Gasteiger partial charge in [0, 0.05) is 18.8 Å². The van der Waals surface area contributed by atoms with E-state index in [1.165, 1.54) is 19.2 Å². The first-order valence-electron chi connectivity index (χ1n) is 7.37. The summed E-state index contributed by atoms with van der Waals surface area (Å²) in [5.41, 5.74) is 1.95. The van der Waals surface area contributed by atoms with Crippen LogP contribution in [-0.4, -0.2) is 39.2 Å². The number of aromatic nitrogens is 4. The van der Waals surface area contributed by atoms with Crippen LogP contribution in [0, 0.1) is 6.92 Å². The van der Waals surface area contributed by atoms with Gasteiger partial charge >= 0.3 is 0 Å². The van der Waals surface area contributed by atoms with Gasteiger partial charge in [-0.15, -0.1) is 10.2 Å². The first-order chi connectivity index (χ1) is 10.7. The largest absolute Gasteiger partial charge is 0.355 e. The van der Waals surface area contributed by atoms with Crippen LogP contribution < -0.4 is 10.2 Å². The summed E-state index contributed by atoms with van der Waals surface area (Å²) in [6, 6.07) is 5.39. The average molecular weight is 298 g/mol. The molecule has 1 N–H and O–H groups in total. The molecule has 1 fully saturated rings. The van der Waals surface area contributed by atoms with Crippen molar-refractivity contribution in [3.8, 4) is 0 Å². The van der Waals surface area contributed by atoms with Crippen LogP contribution in [0.15, 0.2) is 24.5 Å². The fraction of sp³-hybridized carbons (Fsp3) is 0.400. The Morgan fingerprint density at radius 3 is 2.73 bits per heavy atom. The molecular formula is C15H18N6O. The lowest BCUT2D eigenvalue weighted by molar-refractivity contribution is 0.0944. The number of hydrogen-bond donors (Lipinski definition) is 1. The second kappa shape index (κ2) is 6.46. The normalized spacial score (nSPS) is 14.1. The Labute approximate surface area is 128 Å². The van der Waals surface area contributed by atoms with Crippen molar-refractivity contribution in [2.75, 3.05) is 18.0 Å². The third kappa shape index (κ3) is 3.36. The summed E-state index contributed by atoms with van der Waals surface area (Å²) in [6.07, 6.45) is 3.85. The second-order valence-electron chi connectivity index (χ2n) is 5.30. The first kappa shape index (κ1) is 14.4. The van der Waals surface area contributed by atoms with Gasteiger partial charge in [0.15, 0.2) is 11.5 Å². The van der Waals surface area contributed by atoms with Gasteiger partial charge in [-0.25, -0.2) is 9.97 Å². The number of nitrogens with zero attached hydrogens (tertiary/aromatic N) is 5. The van der Waals surface area contributed by atoms with Crippen LogP contribution in [0.5, 0.6) is 0 Å². The highest BCUT2D eigenvalue weighted by molar-refractivity contribution is 5.92. The zero-order valence-electron chi connectivity index (χ0n) is 12.5. The maximum atomic E-state index is 12.1. The van der Waals surface area contributed by atoms with Crippen molar-refractivity contribution in [1.29, 1.82) is 0 Å². The monoisotopic (exact) mass is 298 g/mol. The van der Waals surface area contributed by atoms with Crippen LogP contribution in [-0.2, 0) is 6.54 Å². The Balaban J connectivity index is 1.60. The SMILES string of the molecule is Cc1cc(CNC(=O)c2ccc(N3CCCC3)nn2)ncn1. The zero-order valence-corrected chi connectivity index (χ0v) is 12.5. The van der Waals surface area contributed by atoms with Crippen LogP contribution in [0.4, 0.5) is 5.82 Å². The summed E-state index contributed by atoms with van der Waals surface area (Å²) in [7, 11) is 0. The number of anilines is 1.